The number of anilines is 2. The van der Waals surface area contributed by atoms with E-state index in [1.807, 2.05) is 0 Å². The Labute approximate surface area is 408 Å². The van der Waals surface area contributed by atoms with Crippen LogP contribution < -0.4 is 24.4 Å². The predicted octanol–water partition coefficient (Wildman–Crippen LogP) is 8.61. The first-order valence-corrected chi connectivity index (χ1v) is 27.7. The number of rotatable bonds is 12. The Morgan fingerprint density at radius 1 is 0.971 bits per heavy atom. The maximum Gasteiger partial charge on any atom is 0.297 e. The standard InChI is InChI=1S/C51H61N7O10S2/c1-31(2)37-8-5-6-9-38(37)41-10-7-21-57(41)35-28-51(29-35)18-22-56(23-19-51)34-11-12-39(43(25-34)68-45-24-33-15-20-52-47(33)54-49(45)69(4,63)64)48(59)55-70(65,66)36-26-42(58(61)62)46-44(27-36)67-30-40(53-46)32-13-16-50(3,60)17-14-32/h5-6,8-9,11-12,15,20,24-27,31-32,35,40-41,53,60H,7,10,13-14,16-19,21-23,28-30H2,1-4H3,(H,52,54)(H,55,59)/t32-,40-,41+,50-/m1/s1. The molecule has 19 heteroatoms. The number of sulfone groups is 1. The number of aromatic nitrogens is 2. The fourth-order valence-electron chi connectivity index (χ4n) is 11.8. The first kappa shape index (κ1) is 47.9. The van der Waals surface area contributed by atoms with Crippen LogP contribution in [0, 0.1) is 21.4 Å². The van der Waals surface area contributed by atoms with Crippen LogP contribution in [0.5, 0.6) is 17.2 Å². The van der Waals surface area contributed by atoms with Crippen LogP contribution in [-0.4, -0.2) is 97.8 Å². The van der Waals surface area contributed by atoms with Crippen LogP contribution in [0.2, 0.25) is 0 Å². The van der Waals surface area contributed by atoms with Crippen molar-refractivity contribution in [3.8, 4) is 17.2 Å². The average molecular weight is 996 g/mol. The van der Waals surface area contributed by atoms with E-state index in [9.17, 15) is 36.9 Å². The molecule has 5 aromatic rings. The largest absolute Gasteiger partial charge is 0.489 e. The van der Waals surface area contributed by atoms with Crippen molar-refractivity contribution in [1.29, 1.82) is 0 Å². The van der Waals surface area contributed by atoms with Gasteiger partial charge in [-0.25, -0.2) is 26.5 Å². The Morgan fingerprint density at radius 3 is 2.43 bits per heavy atom. The monoisotopic (exact) mass is 995 g/mol. The van der Waals surface area contributed by atoms with Crippen LogP contribution in [0.15, 0.2) is 82.8 Å². The number of nitrogens with zero attached hydrogens (tertiary/aromatic N) is 4. The van der Waals surface area contributed by atoms with Crippen LogP contribution in [0.25, 0.3) is 11.0 Å². The van der Waals surface area contributed by atoms with Gasteiger partial charge in [0.25, 0.3) is 21.6 Å². The minimum absolute atomic E-state index is 0.0362. The van der Waals surface area contributed by atoms with Crippen molar-refractivity contribution < 1.29 is 41.1 Å². The molecule has 3 aliphatic heterocycles. The molecule has 2 aromatic heterocycles. The van der Waals surface area contributed by atoms with Gasteiger partial charge in [-0.3, -0.25) is 19.8 Å². The van der Waals surface area contributed by atoms with E-state index in [4.69, 9.17) is 9.47 Å². The second-order valence-corrected chi connectivity index (χ2v) is 24.5. The Morgan fingerprint density at radius 2 is 1.71 bits per heavy atom. The lowest BCUT2D eigenvalue weighted by Crippen LogP contribution is -2.54. The number of sulfonamides is 1. The van der Waals surface area contributed by atoms with E-state index >= 15 is 0 Å². The zero-order valence-corrected chi connectivity index (χ0v) is 41.6. The van der Waals surface area contributed by atoms with Gasteiger partial charge in [0.1, 0.15) is 18.0 Å². The quantitative estimate of drug-likeness (QED) is 0.0678. The molecule has 0 radical (unpaired) electrons. The Kier molecular flexibility index (Phi) is 12.4. The van der Waals surface area contributed by atoms with Gasteiger partial charge in [0.2, 0.25) is 0 Å². The molecule has 2 saturated carbocycles. The van der Waals surface area contributed by atoms with Crippen molar-refractivity contribution in [2.45, 2.75) is 125 Å². The van der Waals surface area contributed by atoms with Gasteiger partial charge in [-0.2, -0.15) is 0 Å². The predicted molar refractivity (Wildman–Crippen MR) is 265 cm³/mol. The number of carbonyl (C=O) groups excluding carboxylic acids is 1. The number of benzene rings is 3. The van der Waals surface area contributed by atoms with E-state index in [1.54, 1.807) is 31.3 Å². The number of nitro groups is 1. The molecule has 2 saturated heterocycles. The third-order valence-electron chi connectivity index (χ3n) is 15.7. The van der Waals surface area contributed by atoms with Gasteiger partial charge in [0, 0.05) is 66.9 Å². The van der Waals surface area contributed by atoms with Crippen LogP contribution >= 0.6 is 0 Å². The molecule has 70 heavy (non-hydrogen) atoms. The van der Waals surface area contributed by atoms with Crippen molar-refractivity contribution in [3.63, 3.8) is 0 Å². The molecular formula is C51H61N7O10S2. The summed E-state index contributed by atoms with van der Waals surface area (Å²) >= 11 is 0. The average Bonchev–Trinajstić information content (AvgIpc) is 3.99. The van der Waals surface area contributed by atoms with Crippen LogP contribution in [0.4, 0.5) is 17.1 Å². The molecule has 2 atom stereocenters. The lowest BCUT2D eigenvalue weighted by Gasteiger charge is -2.56. The summed E-state index contributed by atoms with van der Waals surface area (Å²) in [6.45, 7) is 9.00. The SMILES string of the molecule is CC(C)c1ccccc1[C@@H]1CCCN1C1CC2(CCN(c3ccc(C(=O)NS(=O)(=O)c4cc5c(c([N+](=O)[O-])c4)N[C@@H]([C@H]4CC[C@](C)(O)CC4)CO5)c(Oc4cc5cc[nH]c5nc4S(C)(=O)=O)c3)CC2)C1. The topological polar surface area (TPSA) is 226 Å². The number of amides is 1. The Hall–Kier alpha value is -5.76. The Bertz CT molecular complexity index is 3080. The van der Waals surface area contributed by atoms with Gasteiger partial charge in [-0.1, -0.05) is 38.1 Å². The number of nitro benzene ring substituents is 1. The number of ether oxygens (including phenoxy) is 2. The molecule has 1 amide bonds. The van der Waals surface area contributed by atoms with Crippen molar-refractivity contribution >= 4 is 53.9 Å². The molecule has 4 N–H and O–H groups in total. The zero-order chi connectivity index (χ0) is 49.3. The van der Waals surface area contributed by atoms with Crippen molar-refractivity contribution in [3.05, 3.63) is 99.7 Å². The van der Waals surface area contributed by atoms with E-state index in [2.05, 4.69) is 67.9 Å². The number of carbonyl (C=O) groups is 1. The first-order valence-electron chi connectivity index (χ1n) is 24.4. The highest BCUT2D eigenvalue weighted by atomic mass is 32.2. The lowest BCUT2D eigenvalue weighted by atomic mass is 9.59. The van der Waals surface area contributed by atoms with E-state index < -0.39 is 46.9 Å². The molecule has 5 heterocycles. The molecule has 10 rings (SSSR count). The minimum Gasteiger partial charge on any atom is -0.489 e. The van der Waals surface area contributed by atoms with Crippen molar-refractivity contribution in [2.75, 3.05) is 42.7 Å². The number of hydrogen-bond acceptors (Lipinski definition) is 14. The summed E-state index contributed by atoms with van der Waals surface area (Å²) in [5.74, 6) is -0.909. The minimum atomic E-state index is -4.78. The van der Waals surface area contributed by atoms with Crippen molar-refractivity contribution in [2.24, 2.45) is 11.3 Å². The molecule has 3 aromatic carbocycles. The molecule has 372 valence electrons. The number of aromatic amines is 1. The van der Waals surface area contributed by atoms with Crippen LogP contribution in [0.1, 0.15) is 118 Å². The van der Waals surface area contributed by atoms with Crippen LogP contribution in [-0.2, 0) is 19.9 Å². The van der Waals surface area contributed by atoms with Gasteiger partial charge in [-0.15, -0.1) is 0 Å². The molecule has 1 spiro atoms. The van der Waals surface area contributed by atoms with E-state index in [-0.39, 0.29) is 57.5 Å². The maximum absolute atomic E-state index is 14.3. The molecule has 4 fully saturated rings. The summed E-state index contributed by atoms with van der Waals surface area (Å²) in [6.07, 6.45) is 11.7. The third-order valence-corrected chi connectivity index (χ3v) is 18.0. The number of fused-ring (bicyclic) bond motifs is 2. The number of pyridine rings is 1. The second kappa shape index (κ2) is 18.1. The first-order chi connectivity index (χ1) is 33.3. The molecule has 0 unspecified atom stereocenters. The van der Waals surface area contributed by atoms with Crippen molar-refractivity contribution in [1.82, 2.24) is 19.6 Å². The Balaban J connectivity index is 0.895. The highest BCUT2D eigenvalue weighted by Crippen LogP contribution is 2.54. The number of hydrogen-bond donors (Lipinski definition) is 4. The van der Waals surface area contributed by atoms with E-state index in [0.29, 0.717) is 60.4 Å². The molecule has 17 nitrogen and oxygen atoms in total. The number of aliphatic hydroxyl groups is 1. The zero-order valence-electron chi connectivity index (χ0n) is 39.9. The summed E-state index contributed by atoms with van der Waals surface area (Å²) in [7, 11) is -8.76. The highest BCUT2D eigenvalue weighted by molar-refractivity contribution is 7.90. The summed E-state index contributed by atoms with van der Waals surface area (Å²) in [5.41, 5.74) is 2.61. The summed E-state index contributed by atoms with van der Waals surface area (Å²) in [5, 5.41) is 26.3. The lowest BCUT2D eigenvalue weighted by molar-refractivity contribution is -0.384. The fourth-order valence-corrected chi connectivity index (χ4v) is 13.5. The summed E-state index contributed by atoms with van der Waals surface area (Å²) in [6, 6.07) is 19.5. The molecular weight excluding hydrogens is 935 g/mol. The van der Waals surface area contributed by atoms with E-state index in [0.717, 1.165) is 63.7 Å². The molecule has 2 aliphatic carbocycles. The van der Waals surface area contributed by atoms with E-state index in [1.165, 1.54) is 36.1 Å². The third kappa shape index (κ3) is 9.32. The number of H-pyrrole nitrogens is 1. The molecule has 5 aliphatic rings. The number of piperidine rings is 1. The number of likely N-dealkylation sites (tertiary alicyclic amines) is 1. The smallest absolute Gasteiger partial charge is 0.297 e. The summed E-state index contributed by atoms with van der Waals surface area (Å²) in [4.78, 5) is 37.6. The highest BCUT2D eigenvalue weighted by Gasteiger charge is 2.50. The fraction of sp³-hybridized carbons (Fsp3) is 0.490. The van der Waals surface area contributed by atoms with Gasteiger partial charge >= 0.3 is 0 Å². The maximum atomic E-state index is 14.3. The molecule has 0 bridgehead atoms. The number of nitrogens with one attached hydrogen (secondary N) is 3. The second-order valence-electron chi connectivity index (χ2n) is 20.9. The van der Waals surface area contributed by atoms with Gasteiger partial charge in [0.15, 0.2) is 32.0 Å². The van der Waals surface area contributed by atoms with Crippen LogP contribution in [0.3, 0.4) is 0 Å². The van der Waals surface area contributed by atoms with Gasteiger partial charge in [0.05, 0.1) is 27.0 Å². The van der Waals surface area contributed by atoms with Gasteiger partial charge < -0.3 is 29.8 Å². The normalized spacial score (nSPS) is 23.9. The summed E-state index contributed by atoms with van der Waals surface area (Å²) < 4.78 is 68.8. The van der Waals surface area contributed by atoms with Gasteiger partial charge in [-0.05, 0) is 130 Å².